The molecule has 0 amide bonds. The lowest BCUT2D eigenvalue weighted by Crippen LogP contribution is -2.18. The van der Waals surface area contributed by atoms with Crippen LogP contribution in [-0.4, -0.2) is 4.57 Å². The average molecular weight is 203 g/mol. The zero-order chi connectivity index (χ0) is 10.8. The maximum Gasteiger partial charge on any atom is 0.251 e. The average Bonchev–Trinajstić information content (AvgIpc) is 2.23. The molecule has 0 aliphatic carbocycles. The smallest absolute Gasteiger partial charge is 0.251 e. The highest BCUT2D eigenvalue weighted by atomic mass is 19.1. The Labute approximate surface area is 86.3 Å². The molecule has 1 aromatic carbocycles. The van der Waals surface area contributed by atoms with Crippen molar-refractivity contribution >= 4 is 10.9 Å². The number of hydrogen-bond acceptors (Lipinski definition) is 1. The molecular formula is C12H10FNO. The lowest BCUT2D eigenvalue weighted by atomic mass is 10.2. The van der Waals surface area contributed by atoms with Crippen LogP contribution in [0.5, 0.6) is 0 Å². The number of aromatic nitrogens is 1. The molecule has 0 unspecified atom stereocenters. The summed E-state index contributed by atoms with van der Waals surface area (Å²) in [6.45, 7) is 3.96. The van der Waals surface area contributed by atoms with Crippen molar-refractivity contribution in [3.8, 4) is 0 Å². The third kappa shape index (κ3) is 1.68. The molecule has 0 aliphatic heterocycles. The van der Waals surface area contributed by atoms with Crippen LogP contribution in [0.4, 0.5) is 4.39 Å². The summed E-state index contributed by atoms with van der Waals surface area (Å²) in [6, 6.07) is 7.56. The van der Waals surface area contributed by atoms with Gasteiger partial charge in [0.15, 0.2) is 0 Å². The van der Waals surface area contributed by atoms with Crippen molar-refractivity contribution < 1.29 is 4.39 Å². The van der Waals surface area contributed by atoms with E-state index in [1.165, 1.54) is 22.8 Å². The minimum absolute atomic E-state index is 0.145. The molecule has 0 spiro atoms. The zero-order valence-corrected chi connectivity index (χ0v) is 8.11. The third-order valence-corrected chi connectivity index (χ3v) is 2.27. The molecule has 2 nitrogen and oxygen atoms in total. The fraction of sp³-hybridized carbons (Fsp3) is 0.0833. The Morgan fingerprint density at radius 1 is 1.33 bits per heavy atom. The normalized spacial score (nSPS) is 10.5. The quantitative estimate of drug-likeness (QED) is 0.686. The van der Waals surface area contributed by atoms with Crippen LogP contribution in [0.25, 0.3) is 10.9 Å². The van der Waals surface area contributed by atoms with Gasteiger partial charge in [0.05, 0.1) is 5.52 Å². The Kier molecular flexibility index (Phi) is 2.37. The van der Waals surface area contributed by atoms with Gasteiger partial charge in [-0.25, -0.2) is 4.39 Å². The molecule has 0 saturated carbocycles. The first-order valence-corrected chi connectivity index (χ1v) is 4.62. The standard InChI is InChI=1S/C12H10FNO/c1-2-7-14-11-8-10(13)5-3-9(11)4-6-12(14)15/h2-6,8H,1,7H2. The van der Waals surface area contributed by atoms with E-state index in [9.17, 15) is 9.18 Å². The van der Waals surface area contributed by atoms with Crippen molar-refractivity contribution in [3.63, 3.8) is 0 Å². The Bertz CT molecular complexity index is 571. The molecule has 76 valence electrons. The summed E-state index contributed by atoms with van der Waals surface area (Å²) in [5.41, 5.74) is 0.454. The molecular weight excluding hydrogens is 193 g/mol. The molecule has 0 fully saturated rings. The monoisotopic (exact) mass is 203 g/mol. The molecule has 2 aromatic rings. The molecule has 0 radical (unpaired) electrons. The minimum Gasteiger partial charge on any atom is -0.304 e. The third-order valence-electron chi connectivity index (χ3n) is 2.27. The Morgan fingerprint density at radius 3 is 2.80 bits per heavy atom. The second-order valence-corrected chi connectivity index (χ2v) is 3.27. The van der Waals surface area contributed by atoms with Gasteiger partial charge in [-0.1, -0.05) is 6.08 Å². The fourth-order valence-electron chi connectivity index (χ4n) is 1.58. The van der Waals surface area contributed by atoms with Crippen molar-refractivity contribution in [1.82, 2.24) is 4.57 Å². The van der Waals surface area contributed by atoms with Crippen LogP contribution in [0.1, 0.15) is 0 Å². The van der Waals surface area contributed by atoms with Crippen LogP contribution in [0.3, 0.4) is 0 Å². The van der Waals surface area contributed by atoms with Crippen LogP contribution in [-0.2, 0) is 6.54 Å². The summed E-state index contributed by atoms with van der Waals surface area (Å²) in [5.74, 6) is -0.342. The Morgan fingerprint density at radius 2 is 2.07 bits per heavy atom. The first kappa shape index (κ1) is 9.65. The lowest BCUT2D eigenvalue weighted by Gasteiger charge is -2.07. The van der Waals surface area contributed by atoms with Crippen LogP contribution in [0.15, 0.2) is 47.8 Å². The zero-order valence-electron chi connectivity index (χ0n) is 8.11. The van der Waals surface area contributed by atoms with E-state index in [4.69, 9.17) is 0 Å². The van der Waals surface area contributed by atoms with Crippen molar-refractivity contribution in [2.75, 3.05) is 0 Å². The van der Waals surface area contributed by atoms with Gasteiger partial charge in [-0.05, 0) is 29.7 Å². The highest BCUT2D eigenvalue weighted by Crippen LogP contribution is 2.13. The van der Waals surface area contributed by atoms with E-state index in [2.05, 4.69) is 6.58 Å². The van der Waals surface area contributed by atoms with E-state index in [1.54, 1.807) is 18.2 Å². The minimum atomic E-state index is -0.342. The van der Waals surface area contributed by atoms with Crippen LogP contribution >= 0.6 is 0 Å². The van der Waals surface area contributed by atoms with Gasteiger partial charge in [-0.15, -0.1) is 6.58 Å². The van der Waals surface area contributed by atoms with Crippen LogP contribution < -0.4 is 5.56 Å². The van der Waals surface area contributed by atoms with E-state index in [1.807, 2.05) is 0 Å². The molecule has 0 saturated heterocycles. The topological polar surface area (TPSA) is 22.0 Å². The van der Waals surface area contributed by atoms with E-state index in [0.717, 1.165) is 5.39 Å². The van der Waals surface area contributed by atoms with Gasteiger partial charge in [0, 0.05) is 12.6 Å². The maximum atomic E-state index is 13.0. The van der Waals surface area contributed by atoms with E-state index < -0.39 is 0 Å². The highest BCUT2D eigenvalue weighted by Gasteiger charge is 2.02. The second-order valence-electron chi connectivity index (χ2n) is 3.27. The number of nitrogens with zero attached hydrogens (tertiary/aromatic N) is 1. The van der Waals surface area contributed by atoms with Gasteiger partial charge in [0.25, 0.3) is 5.56 Å². The van der Waals surface area contributed by atoms with E-state index in [-0.39, 0.29) is 11.4 Å². The van der Waals surface area contributed by atoms with Gasteiger partial charge in [0.2, 0.25) is 0 Å². The molecule has 1 heterocycles. The number of fused-ring (bicyclic) bond motifs is 1. The highest BCUT2D eigenvalue weighted by molar-refractivity contribution is 5.78. The molecule has 3 heteroatoms. The summed E-state index contributed by atoms with van der Waals surface area (Å²) in [6.07, 6.45) is 1.62. The van der Waals surface area contributed by atoms with Crippen molar-refractivity contribution in [1.29, 1.82) is 0 Å². The number of benzene rings is 1. The number of hydrogen-bond donors (Lipinski definition) is 0. The maximum absolute atomic E-state index is 13.0. The summed E-state index contributed by atoms with van der Waals surface area (Å²) in [4.78, 5) is 11.5. The number of allylic oxidation sites excluding steroid dienone is 1. The molecule has 1 aromatic heterocycles. The van der Waals surface area contributed by atoms with Crippen LogP contribution in [0, 0.1) is 5.82 Å². The summed E-state index contributed by atoms with van der Waals surface area (Å²) in [7, 11) is 0. The summed E-state index contributed by atoms with van der Waals surface area (Å²) < 4.78 is 14.5. The molecule has 0 N–H and O–H groups in total. The second kappa shape index (κ2) is 3.69. The fourth-order valence-corrected chi connectivity index (χ4v) is 1.58. The predicted octanol–water partition coefficient (Wildman–Crippen LogP) is 2.33. The van der Waals surface area contributed by atoms with Gasteiger partial charge < -0.3 is 4.57 Å². The van der Waals surface area contributed by atoms with E-state index in [0.29, 0.717) is 12.1 Å². The largest absolute Gasteiger partial charge is 0.304 e. The lowest BCUT2D eigenvalue weighted by molar-refractivity contribution is 0.628. The van der Waals surface area contributed by atoms with E-state index >= 15 is 0 Å². The Hall–Kier alpha value is -1.90. The summed E-state index contributed by atoms with van der Waals surface area (Å²) in [5, 5.41) is 0.845. The van der Waals surface area contributed by atoms with Gasteiger partial charge >= 0.3 is 0 Å². The number of halogens is 1. The number of rotatable bonds is 2. The molecule has 15 heavy (non-hydrogen) atoms. The first-order chi connectivity index (χ1) is 7.22. The van der Waals surface area contributed by atoms with Gasteiger partial charge in [-0.2, -0.15) is 0 Å². The van der Waals surface area contributed by atoms with Crippen molar-refractivity contribution in [3.05, 3.63) is 59.2 Å². The first-order valence-electron chi connectivity index (χ1n) is 4.62. The SMILES string of the molecule is C=CCn1c(=O)ccc2ccc(F)cc21. The molecule has 0 atom stereocenters. The van der Waals surface area contributed by atoms with Crippen LogP contribution in [0.2, 0.25) is 0 Å². The van der Waals surface area contributed by atoms with Crippen molar-refractivity contribution in [2.24, 2.45) is 0 Å². The van der Waals surface area contributed by atoms with Crippen molar-refractivity contribution in [2.45, 2.75) is 6.54 Å². The molecule has 2 rings (SSSR count). The van der Waals surface area contributed by atoms with Gasteiger partial charge in [-0.3, -0.25) is 4.79 Å². The molecule has 0 bridgehead atoms. The Balaban J connectivity index is 2.84. The summed E-state index contributed by atoms with van der Waals surface area (Å²) >= 11 is 0. The predicted molar refractivity (Wildman–Crippen MR) is 58.4 cm³/mol. The van der Waals surface area contributed by atoms with Gasteiger partial charge in [0.1, 0.15) is 5.82 Å². The molecule has 0 aliphatic rings. The number of pyridine rings is 1.